The van der Waals surface area contributed by atoms with Gasteiger partial charge in [-0.15, -0.1) is 0 Å². The maximum absolute atomic E-state index is 5.31. The number of rotatable bonds is 7. The highest BCUT2D eigenvalue weighted by Crippen LogP contribution is 2.47. The summed E-state index contributed by atoms with van der Waals surface area (Å²) >= 11 is 0. The van der Waals surface area contributed by atoms with E-state index in [1.54, 1.807) is 0 Å². The molecule has 16 aromatic rings. The van der Waals surface area contributed by atoms with Crippen molar-refractivity contribution >= 4 is 87.2 Å². The van der Waals surface area contributed by atoms with Gasteiger partial charge in [0.05, 0.1) is 44.1 Å². The van der Waals surface area contributed by atoms with E-state index < -0.39 is 0 Å². The molecule has 5 aromatic heterocycles. The smallest absolute Gasteiger partial charge is 0.166 e. The lowest BCUT2D eigenvalue weighted by atomic mass is 10.1. The summed E-state index contributed by atoms with van der Waals surface area (Å²) in [6.07, 6.45) is 0. The minimum Gasteiger partial charge on any atom is -0.309 e. The number of hydrogen-bond acceptors (Lipinski definition) is 3. The van der Waals surface area contributed by atoms with E-state index in [1.807, 2.05) is 36.4 Å². The van der Waals surface area contributed by atoms with Crippen LogP contribution in [0.5, 0.6) is 0 Å². The first-order valence-electron chi connectivity index (χ1n) is 25.8. The largest absolute Gasteiger partial charge is 0.309 e. The van der Waals surface area contributed by atoms with Crippen LogP contribution in [0.2, 0.25) is 0 Å². The van der Waals surface area contributed by atoms with Gasteiger partial charge < -0.3 is 18.3 Å². The van der Waals surface area contributed by atoms with Gasteiger partial charge in [-0.25, -0.2) is 15.0 Å². The third-order valence-corrected chi connectivity index (χ3v) is 15.4. The molecule has 0 radical (unpaired) electrons. The predicted molar refractivity (Wildman–Crippen MR) is 313 cm³/mol. The van der Waals surface area contributed by atoms with Crippen LogP contribution in [0.15, 0.2) is 261 Å². The lowest BCUT2D eigenvalue weighted by Crippen LogP contribution is -2.02. The normalized spacial score (nSPS) is 11.9. The Labute approximate surface area is 436 Å². The maximum atomic E-state index is 5.31. The topological polar surface area (TPSA) is 58.4 Å². The van der Waals surface area contributed by atoms with Gasteiger partial charge in [-0.3, -0.25) is 0 Å². The molecule has 0 saturated carbocycles. The quantitative estimate of drug-likeness (QED) is 0.160. The lowest BCUT2D eigenvalue weighted by Gasteiger charge is -2.13. The van der Waals surface area contributed by atoms with Gasteiger partial charge in [0, 0.05) is 82.5 Å². The Balaban J connectivity index is 1.03. The van der Waals surface area contributed by atoms with Crippen molar-refractivity contribution in [3.63, 3.8) is 0 Å². The second-order valence-corrected chi connectivity index (χ2v) is 19.5. The van der Waals surface area contributed by atoms with Crippen molar-refractivity contribution in [2.45, 2.75) is 0 Å². The Hall–Kier alpha value is -10.4. The first-order valence-corrected chi connectivity index (χ1v) is 25.8. The number of nitrogens with zero attached hydrogens (tertiary/aromatic N) is 7. The van der Waals surface area contributed by atoms with Crippen molar-refractivity contribution in [2.24, 2.45) is 0 Å². The van der Waals surface area contributed by atoms with E-state index in [0.717, 1.165) is 94.1 Å². The molecule has 7 heteroatoms. The molecule has 0 saturated heterocycles. The molecule has 16 rings (SSSR count). The summed E-state index contributed by atoms with van der Waals surface area (Å²) in [4.78, 5) is 15.7. The van der Waals surface area contributed by atoms with Gasteiger partial charge in [0.25, 0.3) is 0 Å². The molecule has 0 spiro atoms. The first kappa shape index (κ1) is 42.2. The van der Waals surface area contributed by atoms with Crippen LogP contribution in [0.3, 0.4) is 0 Å². The molecular weight excluding hydrogens is 927 g/mol. The van der Waals surface area contributed by atoms with Crippen LogP contribution in [0, 0.1) is 0 Å². The van der Waals surface area contributed by atoms with E-state index in [-0.39, 0.29) is 0 Å². The number of hydrogen-bond donors (Lipinski definition) is 0. The van der Waals surface area contributed by atoms with Crippen LogP contribution in [0.4, 0.5) is 0 Å². The van der Waals surface area contributed by atoms with Crippen molar-refractivity contribution in [3.8, 4) is 56.9 Å². The molecule has 11 aromatic carbocycles. The van der Waals surface area contributed by atoms with Gasteiger partial charge in [0.15, 0.2) is 17.5 Å². The molecule has 354 valence electrons. The van der Waals surface area contributed by atoms with E-state index in [0.29, 0.717) is 17.5 Å². The number of fused-ring (bicyclic) bond motifs is 14. The van der Waals surface area contributed by atoms with Crippen LogP contribution in [0.1, 0.15) is 0 Å². The van der Waals surface area contributed by atoms with Crippen LogP contribution in [-0.4, -0.2) is 33.2 Å². The molecule has 0 atom stereocenters. The Bertz CT molecular complexity index is 4900. The van der Waals surface area contributed by atoms with Crippen LogP contribution in [0.25, 0.3) is 144 Å². The highest BCUT2D eigenvalue weighted by Gasteiger charge is 2.26. The zero-order valence-corrected chi connectivity index (χ0v) is 41.0. The minimum absolute atomic E-state index is 0.607. The molecule has 5 heterocycles. The third-order valence-electron chi connectivity index (χ3n) is 15.4. The molecule has 7 nitrogen and oxygen atoms in total. The third kappa shape index (κ3) is 6.20. The van der Waals surface area contributed by atoms with E-state index >= 15 is 0 Å². The summed E-state index contributed by atoms with van der Waals surface area (Å²) in [5.74, 6) is 1.85. The second-order valence-electron chi connectivity index (χ2n) is 19.5. The van der Waals surface area contributed by atoms with Crippen LogP contribution in [-0.2, 0) is 0 Å². The van der Waals surface area contributed by atoms with Crippen molar-refractivity contribution in [1.29, 1.82) is 0 Å². The molecule has 0 unspecified atom stereocenters. The van der Waals surface area contributed by atoms with Gasteiger partial charge in [0.2, 0.25) is 0 Å². The fourth-order valence-electron chi connectivity index (χ4n) is 12.2. The van der Waals surface area contributed by atoms with Crippen molar-refractivity contribution in [2.75, 3.05) is 0 Å². The lowest BCUT2D eigenvalue weighted by molar-refractivity contribution is 1.07. The minimum atomic E-state index is 0.607. The first-order chi connectivity index (χ1) is 37.7. The monoisotopic (exact) mass is 969 g/mol. The summed E-state index contributed by atoms with van der Waals surface area (Å²) in [5, 5.41) is 9.45. The number of para-hydroxylation sites is 6. The Morgan fingerprint density at radius 1 is 0.224 bits per heavy atom. The molecule has 0 bridgehead atoms. The molecule has 0 aliphatic rings. The van der Waals surface area contributed by atoms with Gasteiger partial charge in [-0.05, 0) is 84.9 Å². The standard InChI is InChI=1S/C69H43N7/c1-6-21-44(22-7-1)67-70-68(45-23-8-2-9-24-45)72-69(71-67)55-34-20-33-51-53-39-42-61-63(66(53)76(64(51)55)48-29-14-5-15-30-48)56-43-49(37-40-59(56)73(61)46-25-10-3-11-26-46)74-58-36-19-17-32-54(58)62-60(74)41-38-52-50-31-16-18-35-57(50)75(65(52)62)47-27-12-4-13-28-47/h1-43H. The van der Waals surface area contributed by atoms with Gasteiger partial charge in [-0.1, -0.05) is 176 Å². The van der Waals surface area contributed by atoms with Gasteiger partial charge in [-0.2, -0.15) is 0 Å². The van der Waals surface area contributed by atoms with Crippen molar-refractivity contribution in [1.82, 2.24) is 33.2 Å². The van der Waals surface area contributed by atoms with Crippen LogP contribution < -0.4 is 0 Å². The fourth-order valence-corrected chi connectivity index (χ4v) is 12.2. The van der Waals surface area contributed by atoms with E-state index in [2.05, 4.69) is 243 Å². The van der Waals surface area contributed by atoms with E-state index in [4.69, 9.17) is 15.0 Å². The number of aromatic nitrogens is 7. The highest BCUT2D eigenvalue weighted by molar-refractivity contribution is 6.29. The van der Waals surface area contributed by atoms with Crippen molar-refractivity contribution < 1.29 is 0 Å². The van der Waals surface area contributed by atoms with E-state index in [9.17, 15) is 0 Å². The average molecular weight is 970 g/mol. The SMILES string of the molecule is c1ccc(-c2nc(-c3ccccc3)nc(-c3cccc4c5ccc6c(c7cc(-n8c9ccccc9c9c8ccc8c%10ccccc%10n(-c%10ccccc%10)c89)ccc7n6-c6ccccc6)c5n(-c5ccccc5)c34)n2)cc1. The molecule has 0 N–H and O–H groups in total. The Morgan fingerprint density at radius 3 is 1.25 bits per heavy atom. The summed E-state index contributed by atoms with van der Waals surface area (Å²) in [6.45, 7) is 0. The maximum Gasteiger partial charge on any atom is 0.166 e. The van der Waals surface area contributed by atoms with Crippen molar-refractivity contribution in [3.05, 3.63) is 261 Å². The summed E-state index contributed by atoms with van der Waals surface area (Å²) in [7, 11) is 0. The molecule has 0 fully saturated rings. The Kier molecular flexibility index (Phi) is 9.20. The fraction of sp³-hybridized carbons (Fsp3) is 0. The zero-order valence-electron chi connectivity index (χ0n) is 41.0. The summed E-state index contributed by atoms with van der Waals surface area (Å²) in [6, 6.07) is 93.3. The molecule has 0 aliphatic heterocycles. The summed E-state index contributed by atoms with van der Waals surface area (Å²) in [5.41, 5.74) is 16.2. The Morgan fingerprint density at radius 2 is 0.632 bits per heavy atom. The van der Waals surface area contributed by atoms with Gasteiger partial charge in [0.1, 0.15) is 0 Å². The highest BCUT2D eigenvalue weighted by atomic mass is 15.1. The van der Waals surface area contributed by atoms with Gasteiger partial charge >= 0.3 is 0 Å². The van der Waals surface area contributed by atoms with E-state index in [1.165, 1.54) is 32.6 Å². The zero-order chi connectivity index (χ0) is 49.8. The predicted octanol–water partition coefficient (Wildman–Crippen LogP) is 17.3. The average Bonchev–Trinajstić information content (AvgIpc) is 4.38. The number of benzene rings is 11. The second kappa shape index (κ2) is 16.6. The molecular formula is C69H43N7. The molecule has 0 aliphatic carbocycles. The molecule has 76 heavy (non-hydrogen) atoms. The summed E-state index contributed by atoms with van der Waals surface area (Å²) < 4.78 is 9.82. The van der Waals surface area contributed by atoms with Crippen LogP contribution >= 0.6 is 0 Å². The molecule has 0 amide bonds.